The summed E-state index contributed by atoms with van der Waals surface area (Å²) in [5, 5.41) is 0.513. The zero-order chi connectivity index (χ0) is 26.9. The van der Waals surface area contributed by atoms with Crippen molar-refractivity contribution in [2.24, 2.45) is 5.73 Å². The van der Waals surface area contributed by atoms with Gasteiger partial charge in [0, 0.05) is 81.1 Å². The molecule has 0 amide bonds. The van der Waals surface area contributed by atoms with Crippen LogP contribution in [0.15, 0.2) is 49.1 Å². The van der Waals surface area contributed by atoms with E-state index in [-0.39, 0.29) is 0 Å². The Labute approximate surface area is 232 Å². The first-order valence-corrected chi connectivity index (χ1v) is 13.6. The van der Waals surface area contributed by atoms with Crippen LogP contribution in [0.4, 0.5) is 17.3 Å². The van der Waals surface area contributed by atoms with Crippen LogP contribution in [0.5, 0.6) is 11.5 Å². The molecule has 10 nitrogen and oxygen atoms in total. The van der Waals surface area contributed by atoms with Crippen LogP contribution < -0.4 is 29.9 Å². The molecule has 0 spiro atoms. The molecule has 0 bridgehead atoms. The lowest BCUT2D eigenvalue weighted by Crippen LogP contribution is -2.47. The van der Waals surface area contributed by atoms with E-state index in [2.05, 4.69) is 36.8 Å². The van der Waals surface area contributed by atoms with Crippen LogP contribution in [-0.2, 0) is 0 Å². The van der Waals surface area contributed by atoms with Crippen molar-refractivity contribution in [1.82, 2.24) is 19.4 Å². The smallest absolute Gasteiger partial charge is 0.225 e. The zero-order valence-electron chi connectivity index (χ0n) is 22.3. The standard InChI is InChI=1S/C28H33ClN8O2/c1-38-25-15-26(39-2)23(29)14-22(25)24-18-37-8-5-20(13-27(37)33-24)35-9-11-36(12-10-35)28-31-16-21(17-32-28)34-6-3-19(30)4-7-34/h5,8,13-19H,3-4,6-7,9-12,30H2,1-2H3. The molecule has 0 aliphatic carbocycles. The molecule has 2 aliphatic rings. The van der Waals surface area contributed by atoms with E-state index in [1.165, 1.54) is 0 Å². The van der Waals surface area contributed by atoms with Gasteiger partial charge in [-0.15, -0.1) is 0 Å². The van der Waals surface area contributed by atoms with Gasteiger partial charge in [-0.3, -0.25) is 0 Å². The number of halogens is 1. The first kappa shape index (κ1) is 25.5. The number of piperazine rings is 1. The summed E-state index contributed by atoms with van der Waals surface area (Å²) in [6.07, 6.45) is 9.94. The van der Waals surface area contributed by atoms with Crippen LogP contribution in [0.1, 0.15) is 12.8 Å². The Kier molecular flexibility index (Phi) is 7.05. The fraction of sp³-hybridized carbons (Fsp3) is 0.393. The van der Waals surface area contributed by atoms with Gasteiger partial charge in [0.05, 0.1) is 43.0 Å². The number of fused-ring (bicyclic) bond motifs is 1. The van der Waals surface area contributed by atoms with E-state index in [4.69, 9.17) is 31.8 Å². The van der Waals surface area contributed by atoms with Gasteiger partial charge in [0.1, 0.15) is 17.1 Å². The molecule has 5 heterocycles. The number of anilines is 3. The molecular weight excluding hydrogens is 516 g/mol. The minimum absolute atomic E-state index is 0.310. The number of aromatic nitrogens is 4. The number of ether oxygens (including phenoxy) is 2. The normalized spacial score (nSPS) is 16.7. The highest BCUT2D eigenvalue weighted by Gasteiger charge is 2.22. The lowest BCUT2D eigenvalue weighted by molar-refractivity contribution is 0.395. The van der Waals surface area contributed by atoms with E-state index in [0.717, 1.165) is 86.3 Å². The van der Waals surface area contributed by atoms with Crippen molar-refractivity contribution in [3.8, 4) is 22.8 Å². The summed E-state index contributed by atoms with van der Waals surface area (Å²) in [5.41, 5.74) is 10.7. The summed E-state index contributed by atoms with van der Waals surface area (Å²) in [5.74, 6) is 2.01. The van der Waals surface area contributed by atoms with Crippen LogP contribution >= 0.6 is 11.6 Å². The number of nitrogens with zero attached hydrogens (tertiary/aromatic N) is 7. The number of rotatable bonds is 6. The molecule has 0 radical (unpaired) electrons. The molecule has 3 aromatic heterocycles. The molecule has 2 aliphatic heterocycles. The number of hydrogen-bond acceptors (Lipinski definition) is 9. The number of benzene rings is 1. The fourth-order valence-electron chi connectivity index (χ4n) is 5.32. The van der Waals surface area contributed by atoms with Gasteiger partial charge < -0.3 is 34.3 Å². The van der Waals surface area contributed by atoms with Crippen LogP contribution in [0.2, 0.25) is 5.02 Å². The quantitative estimate of drug-likeness (QED) is 0.386. The average molecular weight is 549 g/mol. The molecule has 2 fully saturated rings. The number of piperidine rings is 1. The van der Waals surface area contributed by atoms with E-state index in [1.54, 1.807) is 20.3 Å². The number of hydrogen-bond donors (Lipinski definition) is 1. The minimum Gasteiger partial charge on any atom is -0.496 e. The highest BCUT2D eigenvalue weighted by Crippen LogP contribution is 2.38. The van der Waals surface area contributed by atoms with E-state index in [0.29, 0.717) is 22.6 Å². The van der Waals surface area contributed by atoms with Gasteiger partial charge in [-0.1, -0.05) is 11.6 Å². The molecule has 39 heavy (non-hydrogen) atoms. The molecule has 204 valence electrons. The van der Waals surface area contributed by atoms with E-state index < -0.39 is 0 Å². The molecule has 4 aromatic rings. The highest BCUT2D eigenvalue weighted by molar-refractivity contribution is 6.32. The maximum Gasteiger partial charge on any atom is 0.225 e. The third-order valence-corrected chi connectivity index (χ3v) is 7.95. The average Bonchev–Trinajstić information content (AvgIpc) is 3.41. The lowest BCUT2D eigenvalue weighted by atomic mass is 10.1. The summed E-state index contributed by atoms with van der Waals surface area (Å²) in [6, 6.07) is 8.17. The van der Waals surface area contributed by atoms with Crippen LogP contribution in [0.3, 0.4) is 0 Å². The third-order valence-electron chi connectivity index (χ3n) is 7.65. The number of methoxy groups -OCH3 is 2. The molecule has 1 aromatic carbocycles. The first-order chi connectivity index (χ1) is 19.0. The largest absolute Gasteiger partial charge is 0.496 e. The molecule has 6 rings (SSSR count). The number of pyridine rings is 1. The van der Waals surface area contributed by atoms with Crippen molar-refractivity contribution >= 4 is 34.6 Å². The maximum absolute atomic E-state index is 6.40. The maximum atomic E-state index is 6.40. The molecule has 11 heteroatoms. The van der Waals surface area contributed by atoms with E-state index in [1.807, 2.05) is 35.3 Å². The Hall–Kier alpha value is -3.76. The second-order valence-corrected chi connectivity index (χ2v) is 10.4. The van der Waals surface area contributed by atoms with Crippen molar-refractivity contribution in [3.63, 3.8) is 0 Å². The third kappa shape index (κ3) is 5.14. The summed E-state index contributed by atoms with van der Waals surface area (Å²) in [6.45, 7) is 5.38. The van der Waals surface area contributed by atoms with Crippen LogP contribution in [-0.4, -0.2) is 78.9 Å². The molecular formula is C28H33ClN8O2. The van der Waals surface area contributed by atoms with Crippen molar-refractivity contribution in [3.05, 3.63) is 54.1 Å². The van der Waals surface area contributed by atoms with Crippen molar-refractivity contribution < 1.29 is 9.47 Å². The molecule has 2 saturated heterocycles. The topological polar surface area (TPSA) is 97.3 Å². The summed E-state index contributed by atoms with van der Waals surface area (Å²) in [4.78, 5) is 21.2. The Morgan fingerprint density at radius 3 is 2.21 bits per heavy atom. The number of nitrogens with two attached hydrogens (primary N) is 1. The fourth-order valence-corrected chi connectivity index (χ4v) is 5.56. The monoisotopic (exact) mass is 548 g/mol. The first-order valence-electron chi connectivity index (χ1n) is 13.3. The summed E-state index contributed by atoms with van der Waals surface area (Å²) >= 11 is 6.40. The molecule has 0 saturated carbocycles. The second-order valence-electron chi connectivity index (χ2n) is 10.0. The lowest BCUT2D eigenvalue weighted by Gasteiger charge is -2.36. The minimum atomic E-state index is 0.310. The van der Waals surface area contributed by atoms with Crippen LogP contribution in [0, 0.1) is 0 Å². The zero-order valence-corrected chi connectivity index (χ0v) is 23.0. The van der Waals surface area contributed by atoms with Crippen LogP contribution in [0.25, 0.3) is 16.9 Å². The Balaban J connectivity index is 1.13. The van der Waals surface area contributed by atoms with Gasteiger partial charge in [0.15, 0.2) is 0 Å². The van der Waals surface area contributed by atoms with Gasteiger partial charge in [0.2, 0.25) is 5.95 Å². The van der Waals surface area contributed by atoms with E-state index in [9.17, 15) is 0 Å². The molecule has 0 atom stereocenters. The molecule has 0 unspecified atom stereocenters. The summed E-state index contributed by atoms with van der Waals surface area (Å²) < 4.78 is 12.9. The van der Waals surface area contributed by atoms with Gasteiger partial charge in [-0.05, 0) is 25.0 Å². The highest BCUT2D eigenvalue weighted by atomic mass is 35.5. The summed E-state index contributed by atoms with van der Waals surface area (Å²) in [7, 11) is 3.21. The van der Waals surface area contributed by atoms with Gasteiger partial charge in [0.25, 0.3) is 0 Å². The Bertz CT molecular complexity index is 1440. The van der Waals surface area contributed by atoms with Crippen molar-refractivity contribution in [2.45, 2.75) is 18.9 Å². The van der Waals surface area contributed by atoms with Gasteiger partial charge in [-0.2, -0.15) is 0 Å². The Morgan fingerprint density at radius 1 is 0.846 bits per heavy atom. The van der Waals surface area contributed by atoms with Crippen molar-refractivity contribution in [2.75, 3.05) is 68.2 Å². The Morgan fingerprint density at radius 2 is 1.51 bits per heavy atom. The predicted octanol–water partition coefficient (Wildman–Crippen LogP) is 3.72. The molecule has 2 N–H and O–H groups in total. The second kappa shape index (κ2) is 10.8. The predicted molar refractivity (Wildman–Crippen MR) is 155 cm³/mol. The van der Waals surface area contributed by atoms with E-state index >= 15 is 0 Å². The van der Waals surface area contributed by atoms with Gasteiger partial charge >= 0.3 is 0 Å². The van der Waals surface area contributed by atoms with Gasteiger partial charge in [-0.25, -0.2) is 15.0 Å². The van der Waals surface area contributed by atoms with Crippen molar-refractivity contribution in [1.29, 1.82) is 0 Å². The number of imidazole rings is 1. The SMILES string of the molecule is COc1cc(OC)c(-c2cn3ccc(N4CCN(c5ncc(N6CCC(N)CC6)cn5)CC4)cc3n2)cc1Cl.